The highest BCUT2D eigenvalue weighted by Crippen LogP contribution is 2.61. The molecule has 6 aliphatic carbocycles. The molecule has 14 aromatic carbocycles. The second kappa shape index (κ2) is 20.4. The maximum Gasteiger partial charge on any atom is 0.0543 e. The Bertz CT molecular complexity index is 5760. The molecule has 20 rings (SSSR count). The summed E-state index contributed by atoms with van der Waals surface area (Å²) in [7, 11) is 0. The molecule has 0 aromatic heterocycles. The Morgan fingerprint density at radius 3 is 0.822 bits per heavy atom. The van der Waals surface area contributed by atoms with Gasteiger partial charge in [-0.2, -0.15) is 0 Å². The van der Waals surface area contributed by atoms with E-state index in [4.69, 9.17) is 0 Å². The summed E-state index contributed by atoms with van der Waals surface area (Å²) in [5.41, 5.74) is 45.1. The summed E-state index contributed by atoms with van der Waals surface area (Å²) in [6.07, 6.45) is 0. The summed E-state index contributed by atoms with van der Waals surface area (Å²) in [6.45, 7) is 29.0. The molecule has 0 fully saturated rings. The van der Waals surface area contributed by atoms with Gasteiger partial charge in [0, 0.05) is 49.3 Å². The second-order valence-electron chi connectivity index (χ2n) is 33.2. The van der Waals surface area contributed by atoms with Crippen molar-refractivity contribution in [1.29, 1.82) is 0 Å². The normalized spacial score (nSPS) is 16.4. The lowest BCUT2D eigenvalue weighted by Crippen LogP contribution is -2.18. The van der Waals surface area contributed by atoms with E-state index in [2.05, 4.69) is 361 Å². The lowest BCUT2D eigenvalue weighted by molar-refractivity contribution is 0.652. The summed E-state index contributed by atoms with van der Waals surface area (Å²) >= 11 is 0. The molecular weight excluding hydrogens is 1220 g/mol. The van der Waals surface area contributed by atoms with Gasteiger partial charge in [-0.25, -0.2) is 0 Å². The molecule has 0 saturated carbocycles. The van der Waals surface area contributed by atoms with E-state index in [1.54, 1.807) is 0 Å². The van der Waals surface area contributed by atoms with Crippen LogP contribution in [0.1, 0.15) is 150 Å². The molecule has 0 saturated heterocycles. The molecule has 0 atom stereocenters. The van der Waals surface area contributed by atoms with Gasteiger partial charge in [-0.1, -0.05) is 277 Å². The Hall–Kier alpha value is -10.9. The van der Waals surface area contributed by atoms with Gasteiger partial charge in [-0.3, -0.25) is 0 Å². The largest absolute Gasteiger partial charge is 0.310 e. The molecular formula is C100H81N. The van der Waals surface area contributed by atoms with Crippen LogP contribution in [-0.2, 0) is 32.5 Å². The van der Waals surface area contributed by atoms with Crippen molar-refractivity contribution >= 4 is 27.8 Å². The zero-order valence-corrected chi connectivity index (χ0v) is 59.9. The number of anilines is 3. The molecule has 0 aliphatic heterocycles. The molecule has 1 nitrogen and oxygen atoms in total. The molecule has 0 spiro atoms. The molecule has 14 aromatic rings. The highest BCUT2D eigenvalue weighted by molar-refractivity contribution is 6.11. The third-order valence-corrected chi connectivity index (χ3v) is 25.7. The Labute approximate surface area is 595 Å². The van der Waals surface area contributed by atoms with Crippen LogP contribution in [0.5, 0.6) is 0 Å². The van der Waals surface area contributed by atoms with Crippen molar-refractivity contribution in [3.63, 3.8) is 0 Å². The number of rotatable bonds is 7. The van der Waals surface area contributed by atoms with Crippen LogP contribution < -0.4 is 4.90 Å². The number of hydrogen-bond donors (Lipinski definition) is 0. The smallest absolute Gasteiger partial charge is 0.0543 e. The Balaban J connectivity index is 0.697. The Morgan fingerprint density at radius 1 is 0.178 bits per heavy atom. The summed E-state index contributed by atoms with van der Waals surface area (Å²) < 4.78 is 0. The average Bonchev–Trinajstić information content (AvgIpc) is 1.54. The average molecular weight is 1300 g/mol. The fourth-order valence-electron chi connectivity index (χ4n) is 20.0. The van der Waals surface area contributed by atoms with E-state index in [0.29, 0.717) is 0 Å². The van der Waals surface area contributed by atoms with Crippen molar-refractivity contribution < 1.29 is 0 Å². The second-order valence-corrected chi connectivity index (χ2v) is 33.2. The fourth-order valence-corrected chi connectivity index (χ4v) is 20.0. The molecule has 0 amide bonds. The fraction of sp³-hybridized carbons (Fsp3) is 0.180. The van der Waals surface area contributed by atoms with E-state index in [1.165, 1.54) is 194 Å². The van der Waals surface area contributed by atoms with E-state index >= 15 is 0 Å². The van der Waals surface area contributed by atoms with Crippen molar-refractivity contribution in [2.24, 2.45) is 0 Å². The summed E-state index contributed by atoms with van der Waals surface area (Å²) in [5.74, 6) is 0. The highest BCUT2D eigenvalue weighted by atomic mass is 15.1. The van der Waals surface area contributed by atoms with E-state index in [1.807, 2.05) is 0 Å². The maximum atomic E-state index is 2.58. The number of nitrogens with zero attached hydrogens (tertiary/aromatic N) is 1. The lowest BCUT2D eigenvalue weighted by Gasteiger charge is -2.30. The predicted molar refractivity (Wildman–Crippen MR) is 426 cm³/mol. The maximum absolute atomic E-state index is 2.58. The van der Waals surface area contributed by atoms with Gasteiger partial charge >= 0.3 is 0 Å². The van der Waals surface area contributed by atoms with Gasteiger partial charge in [0.15, 0.2) is 0 Å². The molecule has 1 heteroatoms. The van der Waals surface area contributed by atoms with Gasteiger partial charge in [-0.05, 0) is 262 Å². The minimum Gasteiger partial charge on any atom is -0.310 e. The molecule has 6 aliphatic rings. The minimum absolute atomic E-state index is 0.0634. The third kappa shape index (κ3) is 8.21. The van der Waals surface area contributed by atoms with Crippen molar-refractivity contribution in [3.8, 4) is 111 Å². The first-order valence-corrected chi connectivity index (χ1v) is 36.5. The standard InChI is InChI=1S/C100H81N/c1-95(2)81-32-18-15-27-68(81)71-41-37-62(51-84(71)95)64-39-45-75-73-43-35-60(49-86(73)98(7,8)88(75)53-64)58-23-21-25-66(47-58)101(93-57-92-94(78-31-14-13-30-77(78)93)80-56-90-79(55-91(80)100(92,11)12)70-29-17-20-34-83(70)97(90,5)6)67-26-22-24-59(48-67)61-36-44-74-76-46-40-65(54-89(76)99(9,10)87(74)50-61)63-38-42-72-69-28-16-19-33-82(69)96(3,4)85(72)52-63/h13-57H,1-12H3. The number of hydrogen-bond acceptors (Lipinski definition) is 1. The first-order valence-electron chi connectivity index (χ1n) is 36.5. The van der Waals surface area contributed by atoms with Crippen LogP contribution >= 0.6 is 0 Å². The van der Waals surface area contributed by atoms with Crippen molar-refractivity contribution in [2.45, 2.75) is 116 Å². The van der Waals surface area contributed by atoms with Gasteiger partial charge in [0.05, 0.1) is 5.69 Å². The Morgan fingerprint density at radius 2 is 0.446 bits per heavy atom. The molecule has 101 heavy (non-hydrogen) atoms. The van der Waals surface area contributed by atoms with E-state index < -0.39 is 0 Å². The van der Waals surface area contributed by atoms with Crippen molar-refractivity contribution in [1.82, 2.24) is 0 Å². The van der Waals surface area contributed by atoms with Gasteiger partial charge in [0.2, 0.25) is 0 Å². The van der Waals surface area contributed by atoms with E-state index in [9.17, 15) is 0 Å². The summed E-state index contributed by atoms with van der Waals surface area (Å²) in [4.78, 5) is 2.58. The first-order chi connectivity index (χ1) is 48.6. The highest BCUT2D eigenvalue weighted by Gasteiger charge is 2.45. The lowest BCUT2D eigenvalue weighted by atomic mass is 9.79. The first kappa shape index (κ1) is 60.1. The quantitative estimate of drug-likeness (QED) is 0.154. The van der Waals surface area contributed by atoms with Gasteiger partial charge in [0.1, 0.15) is 0 Å². The van der Waals surface area contributed by atoms with Crippen LogP contribution in [0.3, 0.4) is 0 Å². The van der Waals surface area contributed by atoms with Crippen LogP contribution in [0.15, 0.2) is 273 Å². The van der Waals surface area contributed by atoms with Crippen molar-refractivity contribution in [2.75, 3.05) is 4.90 Å². The van der Waals surface area contributed by atoms with Gasteiger partial charge < -0.3 is 4.90 Å². The van der Waals surface area contributed by atoms with Gasteiger partial charge in [-0.15, -0.1) is 0 Å². The van der Waals surface area contributed by atoms with Crippen LogP contribution in [0, 0.1) is 0 Å². The SMILES string of the molecule is CC1(C)c2ccccc2-c2ccc(-c3ccc4c(c3)C(C)(C)c3cc(-c5cccc(N(c6cccc(-c7ccc8c(c7)C(C)(C)c7cc(-c9ccc%10c(c9)C(C)(C)c9ccccc9-%10)ccc7-8)c6)c6cc7c(c8ccccc68)-c6cc8c(cc6C7(C)C)-c6ccccc6C8(C)C)c5)ccc3-4)cc21. The molecule has 0 bridgehead atoms. The van der Waals surface area contributed by atoms with Crippen LogP contribution in [-0.4, -0.2) is 0 Å². The van der Waals surface area contributed by atoms with E-state index in [0.717, 1.165) is 11.4 Å². The zero-order valence-electron chi connectivity index (χ0n) is 59.9. The summed E-state index contributed by atoms with van der Waals surface area (Å²) in [5, 5.41) is 2.50. The topological polar surface area (TPSA) is 3.24 Å². The van der Waals surface area contributed by atoms with Crippen LogP contribution in [0.25, 0.3) is 122 Å². The molecule has 0 N–H and O–H groups in total. The van der Waals surface area contributed by atoms with E-state index in [-0.39, 0.29) is 32.5 Å². The molecule has 486 valence electrons. The van der Waals surface area contributed by atoms with Crippen molar-refractivity contribution in [3.05, 3.63) is 340 Å². The predicted octanol–water partition coefficient (Wildman–Crippen LogP) is 26.8. The number of benzene rings is 14. The van der Waals surface area contributed by atoms with Crippen LogP contribution in [0.4, 0.5) is 17.1 Å². The summed E-state index contributed by atoms with van der Waals surface area (Å²) in [6, 6.07) is 106. The molecule has 0 heterocycles. The zero-order chi connectivity index (χ0) is 68.8. The minimum atomic E-state index is -0.296. The van der Waals surface area contributed by atoms with Crippen LogP contribution in [0.2, 0.25) is 0 Å². The monoisotopic (exact) mass is 1300 g/mol. The third-order valence-electron chi connectivity index (χ3n) is 25.7. The Kier molecular flexibility index (Phi) is 12.2. The number of fused-ring (bicyclic) bond motifs is 20. The molecule has 0 radical (unpaired) electrons. The van der Waals surface area contributed by atoms with Gasteiger partial charge in [0.25, 0.3) is 0 Å². The molecule has 0 unspecified atom stereocenters.